The molecule has 0 saturated carbocycles. The molecular formula is C17H22N6O. The first kappa shape index (κ1) is 15.3. The molecule has 2 atom stereocenters. The van der Waals surface area contributed by atoms with Crippen molar-refractivity contribution in [2.75, 3.05) is 26.2 Å². The van der Waals surface area contributed by atoms with E-state index < -0.39 is 0 Å². The molecule has 0 N–H and O–H groups in total. The third-order valence-corrected chi connectivity index (χ3v) is 5.11. The summed E-state index contributed by atoms with van der Waals surface area (Å²) in [6.45, 7) is 4.75. The molecule has 2 aromatic heterocycles. The lowest BCUT2D eigenvalue weighted by molar-refractivity contribution is 0.0635. The lowest BCUT2D eigenvalue weighted by Gasteiger charge is -2.34. The number of carbonyl (C=O) groups excluding carboxylic acids is 1. The highest BCUT2D eigenvalue weighted by Crippen LogP contribution is 2.32. The second kappa shape index (κ2) is 6.32. The van der Waals surface area contributed by atoms with Crippen LogP contribution in [0.4, 0.5) is 0 Å². The van der Waals surface area contributed by atoms with Crippen LogP contribution in [0, 0.1) is 11.8 Å². The highest BCUT2D eigenvalue weighted by Gasteiger charge is 2.38. The number of hydrogen-bond acceptors (Lipinski definition) is 5. The minimum absolute atomic E-state index is 0.00672. The van der Waals surface area contributed by atoms with Crippen LogP contribution in [0.15, 0.2) is 31.0 Å². The minimum Gasteiger partial charge on any atom is -0.337 e. The van der Waals surface area contributed by atoms with Gasteiger partial charge in [-0.25, -0.2) is 4.98 Å². The molecule has 0 unspecified atom stereocenters. The van der Waals surface area contributed by atoms with Gasteiger partial charge >= 0.3 is 0 Å². The number of piperidine rings is 1. The van der Waals surface area contributed by atoms with E-state index in [1.807, 2.05) is 22.8 Å². The molecule has 0 aromatic carbocycles. The fraction of sp³-hybridized carbons (Fsp3) is 0.529. The first-order valence-corrected chi connectivity index (χ1v) is 8.44. The minimum atomic E-state index is 0.00672. The fourth-order valence-electron chi connectivity index (χ4n) is 3.96. The molecule has 0 aliphatic carbocycles. The SMILES string of the molecule is Cn1cc(CN2C[C@@H]3CN(C(=O)c4cnccn4)CC[C@H]3C2)cn1. The number of carbonyl (C=O) groups is 1. The zero-order valence-corrected chi connectivity index (χ0v) is 13.9. The number of hydrogen-bond donors (Lipinski definition) is 0. The van der Waals surface area contributed by atoms with Crippen LogP contribution in [0.3, 0.4) is 0 Å². The summed E-state index contributed by atoms with van der Waals surface area (Å²) in [6.07, 6.45) is 9.80. The molecule has 2 aliphatic heterocycles. The lowest BCUT2D eigenvalue weighted by atomic mass is 9.88. The van der Waals surface area contributed by atoms with E-state index >= 15 is 0 Å². The van der Waals surface area contributed by atoms with Gasteiger partial charge in [0.1, 0.15) is 5.69 Å². The highest BCUT2D eigenvalue weighted by atomic mass is 16.2. The molecule has 0 bridgehead atoms. The van der Waals surface area contributed by atoms with E-state index in [-0.39, 0.29) is 5.91 Å². The number of amides is 1. The Morgan fingerprint density at radius 3 is 2.83 bits per heavy atom. The Morgan fingerprint density at radius 2 is 2.08 bits per heavy atom. The molecule has 2 fully saturated rings. The molecule has 24 heavy (non-hydrogen) atoms. The van der Waals surface area contributed by atoms with Crippen LogP contribution >= 0.6 is 0 Å². The lowest BCUT2D eigenvalue weighted by Crippen LogP contribution is -2.43. The Kier molecular flexibility index (Phi) is 4.02. The topological polar surface area (TPSA) is 67.2 Å². The van der Waals surface area contributed by atoms with Crippen molar-refractivity contribution in [1.29, 1.82) is 0 Å². The van der Waals surface area contributed by atoms with Gasteiger partial charge in [-0.1, -0.05) is 0 Å². The summed E-state index contributed by atoms with van der Waals surface area (Å²) in [5, 5.41) is 4.24. The van der Waals surface area contributed by atoms with Crippen LogP contribution in [0.5, 0.6) is 0 Å². The Hall–Kier alpha value is -2.28. The van der Waals surface area contributed by atoms with Crippen molar-refractivity contribution < 1.29 is 4.79 Å². The summed E-state index contributed by atoms with van der Waals surface area (Å²) >= 11 is 0. The van der Waals surface area contributed by atoms with Gasteiger partial charge in [-0.3, -0.25) is 19.4 Å². The van der Waals surface area contributed by atoms with Crippen molar-refractivity contribution in [1.82, 2.24) is 29.5 Å². The smallest absolute Gasteiger partial charge is 0.274 e. The molecule has 2 aliphatic rings. The van der Waals surface area contributed by atoms with E-state index in [1.165, 1.54) is 5.56 Å². The largest absolute Gasteiger partial charge is 0.337 e. The maximum absolute atomic E-state index is 12.6. The van der Waals surface area contributed by atoms with Crippen molar-refractivity contribution in [3.8, 4) is 0 Å². The summed E-state index contributed by atoms with van der Waals surface area (Å²) in [5.74, 6) is 1.25. The highest BCUT2D eigenvalue weighted by molar-refractivity contribution is 5.92. The molecule has 4 rings (SSSR count). The van der Waals surface area contributed by atoms with Gasteiger partial charge in [0.25, 0.3) is 5.91 Å². The summed E-state index contributed by atoms with van der Waals surface area (Å²) in [4.78, 5) is 25.1. The maximum atomic E-state index is 12.6. The van der Waals surface area contributed by atoms with E-state index in [4.69, 9.17) is 0 Å². The maximum Gasteiger partial charge on any atom is 0.274 e. The van der Waals surface area contributed by atoms with Crippen LogP contribution in [-0.4, -0.2) is 61.6 Å². The predicted molar refractivity (Wildman–Crippen MR) is 88.0 cm³/mol. The Balaban J connectivity index is 1.38. The molecule has 126 valence electrons. The number of fused-ring (bicyclic) bond motifs is 1. The van der Waals surface area contributed by atoms with Crippen LogP contribution in [0.25, 0.3) is 0 Å². The van der Waals surface area contributed by atoms with Gasteiger partial charge in [0.2, 0.25) is 0 Å². The quantitative estimate of drug-likeness (QED) is 0.835. The average molecular weight is 326 g/mol. The molecule has 1 amide bonds. The monoisotopic (exact) mass is 326 g/mol. The van der Waals surface area contributed by atoms with Crippen molar-refractivity contribution in [2.45, 2.75) is 13.0 Å². The Labute approximate surface area is 141 Å². The van der Waals surface area contributed by atoms with E-state index in [0.717, 1.165) is 39.1 Å². The van der Waals surface area contributed by atoms with Crippen LogP contribution in [0.1, 0.15) is 22.5 Å². The summed E-state index contributed by atoms with van der Waals surface area (Å²) < 4.78 is 1.85. The van der Waals surface area contributed by atoms with E-state index in [9.17, 15) is 4.79 Å². The molecule has 2 saturated heterocycles. The third kappa shape index (κ3) is 3.03. The molecule has 2 aromatic rings. The van der Waals surface area contributed by atoms with Gasteiger partial charge in [-0.2, -0.15) is 5.10 Å². The van der Waals surface area contributed by atoms with Gasteiger partial charge in [0.05, 0.1) is 12.4 Å². The van der Waals surface area contributed by atoms with Gasteiger partial charge in [0, 0.05) is 63.9 Å². The number of aromatic nitrogens is 4. The van der Waals surface area contributed by atoms with Gasteiger partial charge in [-0.05, 0) is 18.3 Å². The predicted octanol–water partition coefficient (Wildman–Crippen LogP) is 0.804. The van der Waals surface area contributed by atoms with Gasteiger partial charge < -0.3 is 4.90 Å². The zero-order valence-electron chi connectivity index (χ0n) is 13.9. The molecular weight excluding hydrogens is 304 g/mol. The first-order chi connectivity index (χ1) is 11.7. The second-order valence-electron chi connectivity index (χ2n) is 6.87. The van der Waals surface area contributed by atoms with Crippen LogP contribution < -0.4 is 0 Å². The number of likely N-dealkylation sites (tertiary alicyclic amines) is 2. The van der Waals surface area contributed by atoms with E-state index in [2.05, 4.69) is 26.2 Å². The molecule has 7 nitrogen and oxygen atoms in total. The number of aryl methyl sites for hydroxylation is 1. The van der Waals surface area contributed by atoms with Gasteiger partial charge in [0.15, 0.2) is 0 Å². The Bertz CT molecular complexity index is 715. The van der Waals surface area contributed by atoms with E-state index in [1.54, 1.807) is 18.6 Å². The summed E-state index contributed by atoms with van der Waals surface area (Å²) in [6, 6.07) is 0. The molecule has 7 heteroatoms. The normalized spacial score (nSPS) is 24.1. The standard InChI is InChI=1S/C17H22N6O/c1-21-8-13(6-20-21)9-22-10-14-2-5-23(12-15(14)11-22)17(24)16-7-18-3-4-19-16/h3-4,6-8,14-15H,2,5,9-12H2,1H3/t14-,15+/m0/s1. The summed E-state index contributed by atoms with van der Waals surface area (Å²) in [5.41, 5.74) is 1.70. The number of nitrogens with zero attached hydrogens (tertiary/aromatic N) is 6. The molecule has 0 radical (unpaired) electrons. The average Bonchev–Trinajstić information content (AvgIpc) is 3.19. The summed E-state index contributed by atoms with van der Waals surface area (Å²) in [7, 11) is 1.95. The Morgan fingerprint density at radius 1 is 1.21 bits per heavy atom. The fourth-order valence-corrected chi connectivity index (χ4v) is 3.96. The van der Waals surface area contributed by atoms with E-state index in [0.29, 0.717) is 17.5 Å². The van der Waals surface area contributed by atoms with Crippen molar-refractivity contribution in [2.24, 2.45) is 18.9 Å². The number of rotatable bonds is 3. The van der Waals surface area contributed by atoms with Crippen molar-refractivity contribution >= 4 is 5.91 Å². The van der Waals surface area contributed by atoms with Crippen LogP contribution in [0.2, 0.25) is 0 Å². The molecule has 0 spiro atoms. The zero-order chi connectivity index (χ0) is 16.5. The molecule has 4 heterocycles. The van der Waals surface area contributed by atoms with Crippen molar-refractivity contribution in [3.63, 3.8) is 0 Å². The van der Waals surface area contributed by atoms with Gasteiger partial charge in [-0.15, -0.1) is 0 Å². The second-order valence-corrected chi connectivity index (χ2v) is 6.87. The van der Waals surface area contributed by atoms with Crippen molar-refractivity contribution in [3.05, 3.63) is 42.2 Å². The third-order valence-electron chi connectivity index (χ3n) is 5.11. The first-order valence-electron chi connectivity index (χ1n) is 8.44. The van der Waals surface area contributed by atoms with Crippen LogP contribution in [-0.2, 0) is 13.6 Å².